The number of para-hydroxylation sites is 3. The summed E-state index contributed by atoms with van der Waals surface area (Å²) in [5.74, 6) is -0.699. The van der Waals surface area contributed by atoms with Gasteiger partial charge in [-0.2, -0.15) is 0 Å². The summed E-state index contributed by atoms with van der Waals surface area (Å²) in [6.07, 6.45) is 1.38. The van der Waals surface area contributed by atoms with E-state index in [1.54, 1.807) is 12.1 Å². The Hall–Kier alpha value is -3.61. The van der Waals surface area contributed by atoms with Gasteiger partial charge in [0.25, 0.3) is 5.91 Å². The highest BCUT2D eigenvalue weighted by Crippen LogP contribution is 2.30. The molecule has 1 fully saturated rings. The lowest BCUT2D eigenvalue weighted by atomic mass is 9.96. The van der Waals surface area contributed by atoms with Gasteiger partial charge in [0.2, 0.25) is 11.5 Å². The van der Waals surface area contributed by atoms with Crippen molar-refractivity contribution in [3.63, 3.8) is 0 Å². The van der Waals surface area contributed by atoms with Crippen LogP contribution < -0.4 is 21.5 Å². The van der Waals surface area contributed by atoms with E-state index in [9.17, 15) is 14.4 Å². The maximum atomic E-state index is 13.0. The van der Waals surface area contributed by atoms with E-state index in [4.69, 9.17) is 5.73 Å². The van der Waals surface area contributed by atoms with E-state index in [2.05, 4.69) is 15.2 Å². The summed E-state index contributed by atoms with van der Waals surface area (Å²) in [6.45, 7) is 1.38. The van der Waals surface area contributed by atoms with E-state index in [1.807, 2.05) is 36.4 Å². The van der Waals surface area contributed by atoms with E-state index in [-0.39, 0.29) is 23.3 Å². The second kappa shape index (κ2) is 7.79. The molecule has 0 aliphatic carbocycles. The Morgan fingerprint density at radius 1 is 1.03 bits per heavy atom. The highest BCUT2D eigenvalue weighted by molar-refractivity contribution is 6.13. The minimum absolute atomic E-state index is 0.101. The van der Waals surface area contributed by atoms with Crippen LogP contribution in [0.1, 0.15) is 23.2 Å². The number of aromatic amines is 1. The number of hydrogen-bond donors (Lipinski definition) is 3. The van der Waals surface area contributed by atoms with E-state index < -0.39 is 0 Å². The standard InChI is InChI=1S/C22H22N4O3/c23-21(28)14-9-11-26(12-10-14)19-8-4-3-7-18(19)25-22(29)16-13-20(27)24-17-6-2-1-5-15(16)17/h1-8,13-14H,9-12H2,(H2,23,28)(H,24,27)(H,25,29). The third-order valence-corrected chi connectivity index (χ3v) is 5.39. The van der Waals surface area contributed by atoms with Gasteiger partial charge in [-0.3, -0.25) is 14.4 Å². The number of benzene rings is 2. The molecule has 0 radical (unpaired) electrons. The molecule has 1 aliphatic heterocycles. The quantitative estimate of drug-likeness (QED) is 0.636. The van der Waals surface area contributed by atoms with Crippen LogP contribution in [0.15, 0.2) is 59.4 Å². The van der Waals surface area contributed by atoms with Crippen LogP contribution >= 0.6 is 0 Å². The topological polar surface area (TPSA) is 108 Å². The van der Waals surface area contributed by atoms with Gasteiger partial charge in [-0.15, -0.1) is 0 Å². The molecule has 3 aromatic rings. The van der Waals surface area contributed by atoms with Crippen molar-refractivity contribution < 1.29 is 9.59 Å². The number of carbonyl (C=O) groups excluding carboxylic acids is 2. The number of H-pyrrole nitrogens is 1. The van der Waals surface area contributed by atoms with Crippen molar-refractivity contribution in [2.45, 2.75) is 12.8 Å². The number of carbonyl (C=O) groups is 2. The van der Waals surface area contributed by atoms with Crippen LogP contribution in [0.4, 0.5) is 11.4 Å². The third kappa shape index (κ3) is 3.85. The number of piperidine rings is 1. The van der Waals surface area contributed by atoms with Gasteiger partial charge in [-0.05, 0) is 31.0 Å². The van der Waals surface area contributed by atoms with Crippen molar-refractivity contribution in [1.82, 2.24) is 4.98 Å². The molecule has 0 bridgehead atoms. The van der Waals surface area contributed by atoms with Crippen molar-refractivity contribution in [3.05, 3.63) is 70.5 Å². The maximum Gasteiger partial charge on any atom is 0.256 e. The second-order valence-corrected chi connectivity index (χ2v) is 7.23. The molecule has 148 valence electrons. The molecule has 2 aromatic carbocycles. The summed E-state index contributed by atoms with van der Waals surface area (Å²) in [5.41, 5.74) is 7.60. The minimum Gasteiger partial charge on any atom is -0.370 e. The van der Waals surface area contributed by atoms with Gasteiger partial charge in [0.05, 0.1) is 16.9 Å². The average molecular weight is 390 g/mol. The third-order valence-electron chi connectivity index (χ3n) is 5.39. The van der Waals surface area contributed by atoms with Crippen molar-refractivity contribution in [2.75, 3.05) is 23.3 Å². The van der Waals surface area contributed by atoms with Crippen molar-refractivity contribution in [3.8, 4) is 0 Å². The molecule has 2 amide bonds. The molecular formula is C22H22N4O3. The van der Waals surface area contributed by atoms with Crippen molar-refractivity contribution in [1.29, 1.82) is 0 Å². The van der Waals surface area contributed by atoms with Gasteiger partial charge >= 0.3 is 0 Å². The molecule has 0 unspecified atom stereocenters. The summed E-state index contributed by atoms with van der Waals surface area (Å²) in [7, 11) is 0. The highest BCUT2D eigenvalue weighted by Gasteiger charge is 2.25. The van der Waals surface area contributed by atoms with Crippen LogP contribution in [-0.2, 0) is 4.79 Å². The number of nitrogens with two attached hydrogens (primary N) is 1. The Morgan fingerprint density at radius 2 is 1.72 bits per heavy atom. The van der Waals surface area contributed by atoms with Crippen LogP contribution in [0, 0.1) is 5.92 Å². The molecule has 2 heterocycles. The summed E-state index contributed by atoms with van der Waals surface area (Å²) in [6, 6.07) is 16.1. The average Bonchev–Trinajstić information content (AvgIpc) is 2.73. The summed E-state index contributed by atoms with van der Waals surface area (Å²) >= 11 is 0. The Morgan fingerprint density at radius 3 is 2.48 bits per heavy atom. The lowest BCUT2D eigenvalue weighted by Crippen LogP contribution is -2.38. The SMILES string of the molecule is NC(=O)C1CCN(c2ccccc2NC(=O)c2cc(=O)[nH]c3ccccc23)CC1. The lowest BCUT2D eigenvalue weighted by Gasteiger charge is -2.33. The number of pyridine rings is 1. The first-order valence-electron chi connectivity index (χ1n) is 9.59. The van der Waals surface area contributed by atoms with Crippen LogP contribution in [-0.4, -0.2) is 29.9 Å². The van der Waals surface area contributed by atoms with E-state index >= 15 is 0 Å². The second-order valence-electron chi connectivity index (χ2n) is 7.23. The number of aromatic nitrogens is 1. The molecule has 29 heavy (non-hydrogen) atoms. The molecular weight excluding hydrogens is 368 g/mol. The molecule has 7 heteroatoms. The van der Waals surface area contributed by atoms with Crippen LogP contribution in [0.25, 0.3) is 10.9 Å². The fraction of sp³-hybridized carbons (Fsp3) is 0.227. The lowest BCUT2D eigenvalue weighted by molar-refractivity contribution is -0.122. The number of amides is 2. The largest absolute Gasteiger partial charge is 0.370 e. The first-order chi connectivity index (χ1) is 14.0. The Bertz CT molecular complexity index is 1130. The smallest absolute Gasteiger partial charge is 0.256 e. The molecule has 4 rings (SSSR count). The zero-order valence-electron chi connectivity index (χ0n) is 15.9. The molecule has 0 saturated carbocycles. The van der Waals surface area contributed by atoms with Gasteiger partial charge in [0, 0.05) is 36.0 Å². The highest BCUT2D eigenvalue weighted by atomic mass is 16.2. The summed E-state index contributed by atoms with van der Waals surface area (Å²) in [4.78, 5) is 41.3. The van der Waals surface area contributed by atoms with Gasteiger partial charge in [0.15, 0.2) is 0 Å². The van der Waals surface area contributed by atoms with E-state index in [0.717, 1.165) is 5.69 Å². The zero-order valence-corrected chi connectivity index (χ0v) is 15.9. The molecule has 0 atom stereocenters. The number of primary amides is 1. The minimum atomic E-state index is -0.341. The number of hydrogen-bond acceptors (Lipinski definition) is 4. The predicted molar refractivity (Wildman–Crippen MR) is 113 cm³/mol. The molecule has 0 spiro atoms. The van der Waals surface area contributed by atoms with Gasteiger partial charge < -0.3 is 20.9 Å². The Balaban J connectivity index is 1.61. The monoisotopic (exact) mass is 390 g/mol. The van der Waals surface area contributed by atoms with Crippen LogP contribution in [0.2, 0.25) is 0 Å². The number of nitrogens with one attached hydrogen (secondary N) is 2. The predicted octanol–water partition coefficient (Wildman–Crippen LogP) is 2.48. The fourth-order valence-electron chi connectivity index (χ4n) is 3.84. The molecule has 1 aromatic heterocycles. The van der Waals surface area contributed by atoms with Gasteiger partial charge in [-0.25, -0.2) is 0 Å². The van der Waals surface area contributed by atoms with Crippen LogP contribution in [0.3, 0.4) is 0 Å². The van der Waals surface area contributed by atoms with Gasteiger partial charge in [-0.1, -0.05) is 30.3 Å². The summed E-state index contributed by atoms with van der Waals surface area (Å²) < 4.78 is 0. The number of anilines is 2. The molecule has 1 aliphatic rings. The summed E-state index contributed by atoms with van der Waals surface area (Å²) in [5, 5.41) is 3.64. The Labute approximate surface area is 167 Å². The number of fused-ring (bicyclic) bond motifs is 1. The Kier molecular flexibility index (Phi) is 5.03. The van der Waals surface area contributed by atoms with Crippen molar-refractivity contribution >= 4 is 34.1 Å². The van der Waals surface area contributed by atoms with E-state index in [1.165, 1.54) is 6.07 Å². The molecule has 7 nitrogen and oxygen atoms in total. The first-order valence-corrected chi connectivity index (χ1v) is 9.59. The maximum absolute atomic E-state index is 13.0. The zero-order chi connectivity index (χ0) is 20.4. The normalized spacial score (nSPS) is 14.7. The van der Waals surface area contributed by atoms with Gasteiger partial charge in [0.1, 0.15) is 0 Å². The fourth-order valence-corrected chi connectivity index (χ4v) is 3.84. The van der Waals surface area contributed by atoms with E-state index in [0.29, 0.717) is 48.1 Å². The first kappa shape index (κ1) is 18.7. The van der Waals surface area contributed by atoms with Crippen LogP contribution in [0.5, 0.6) is 0 Å². The number of nitrogens with zero attached hydrogens (tertiary/aromatic N) is 1. The molecule has 4 N–H and O–H groups in total. The number of rotatable bonds is 4. The molecule has 1 saturated heterocycles. The van der Waals surface area contributed by atoms with Crippen molar-refractivity contribution in [2.24, 2.45) is 11.7 Å².